The van der Waals surface area contributed by atoms with Crippen molar-refractivity contribution in [2.75, 3.05) is 0 Å². The second-order valence-corrected chi connectivity index (χ2v) is 7.44. The Hall–Kier alpha value is 0. The highest BCUT2D eigenvalue weighted by Crippen LogP contribution is 2.50. The van der Waals surface area contributed by atoms with Crippen molar-refractivity contribution >= 4 is 0 Å². The predicted molar refractivity (Wildman–Crippen MR) is 71.1 cm³/mol. The molecule has 0 atom stereocenters. The molecule has 0 N–H and O–H groups in total. The number of hydrogen-bond acceptors (Lipinski definition) is 0. The minimum atomic E-state index is 0.412. The molecule has 0 aliphatic carbocycles. The summed E-state index contributed by atoms with van der Waals surface area (Å²) in [6, 6.07) is 0. The van der Waals surface area contributed by atoms with Gasteiger partial charge in [0.05, 0.1) is 0 Å². The Morgan fingerprint density at radius 2 is 1.20 bits per heavy atom. The summed E-state index contributed by atoms with van der Waals surface area (Å²) in [5.41, 5.74) is 1.28. The fourth-order valence-corrected chi connectivity index (χ4v) is 2.06. The molecule has 0 saturated carbocycles. The van der Waals surface area contributed by atoms with Crippen molar-refractivity contribution in [3.8, 4) is 0 Å². The Bertz CT molecular complexity index is 194. The van der Waals surface area contributed by atoms with Gasteiger partial charge in [0.1, 0.15) is 0 Å². The van der Waals surface area contributed by atoms with E-state index in [1.807, 2.05) is 0 Å². The van der Waals surface area contributed by atoms with Gasteiger partial charge in [-0.25, -0.2) is 0 Å². The Morgan fingerprint density at radius 3 is 1.47 bits per heavy atom. The van der Waals surface area contributed by atoms with Gasteiger partial charge in [-0.2, -0.15) is 0 Å². The summed E-state index contributed by atoms with van der Waals surface area (Å²) in [7, 11) is 0. The lowest BCUT2D eigenvalue weighted by Crippen LogP contribution is -2.37. The zero-order chi connectivity index (χ0) is 12.5. The van der Waals surface area contributed by atoms with Gasteiger partial charge in [0.25, 0.3) is 0 Å². The lowest BCUT2D eigenvalue weighted by Gasteiger charge is -2.47. The zero-order valence-corrected chi connectivity index (χ0v) is 12.5. The lowest BCUT2D eigenvalue weighted by molar-refractivity contribution is 0.0312. The van der Waals surface area contributed by atoms with E-state index in [1.54, 1.807) is 0 Å². The Morgan fingerprint density at radius 1 is 0.800 bits per heavy atom. The molecule has 0 bridgehead atoms. The van der Waals surface area contributed by atoms with Crippen LogP contribution in [0.1, 0.15) is 75.2 Å². The van der Waals surface area contributed by atoms with Crippen molar-refractivity contribution in [1.29, 1.82) is 0 Å². The molecule has 0 heterocycles. The highest BCUT2D eigenvalue weighted by Gasteiger charge is 2.40. The highest BCUT2D eigenvalue weighted by atomic mass is 14.4. The molecular formula is C15H32. The zero-order valence-electron chi connectivity index (χ0n) is 12.5. The smallest absolute Gasteiger partial charge is 0.0298 e. The predicted octanol–water partition coefficient (Wildman–Crippen LogP) is 5.52. The van der Waals surface area contributed by atoms with E-state index in [2.05, 4.69) is 62.3 Å². The van der Waals surface area contributed by atoms with E-state index < -0.39 is 0 Å². The van der Waals surface area contributed by atoms with Crippen LogP contribution >= 0.6 is 0 Å². The summed E-state index contributed by atoms with van der Waals surface area (Å²) in [5, 5.41) is 0. The van der Waals surface area contributed by atoms with Crippen LogP contribution < -0.4 is 0 Å². The first kappa shape index (κ1) is 15.0. The van der Waals surface area contributed by atoms with E-state index in [0.717, 1.165) is 5.92 Å². The van der Waals surface area contributed by atoms with E-state index in [4.69, 9.17) is 0 Å². The van der Waals surface area contributed by atoms with Crippen molar-refractivity contribution in [2.45, 2.75) is 75.2 Å². The Kier molecular flexibility index (Phi) is 4.47. The maximum Gasteiger partial charge on any atom is -0.0298 e. The third-order valence-electron chi connectivity index (χ3n) is 5.18. The van der Waals surface area contributed by atoms with Crippen LogP contribution in [-0.4, -0.2) is 0 Å². The molecule has 92 valence electrons. The van der Waals surface area contributed by atoms with Crippen LogP contribution in [0.4, 0.5) is 0 Å². The third kappa shape index (κ3) is 3.50. The summed E-state index contributed by atoms with van der Waals surface area (Å²) < 4.78 is 0. The third-order valence-corrected chi connectivity index (χ3v) is 5.18. The highest BCUT2D eigenvalue weighted by molar-refractivity contribution is 4.90. The topological polar surface area (TPSA) is 0 Å². The van der Waals surface area contributed by atoms with Crippen molar-refractivity contribution in [1.82, 2.24) is 0 Å². The standard InChI is InChI=1S/C15H32/c1-10-14(6,7)15(8,9)11-13(4,5)12(2)3/h12H,10-11H2,1-9H3. The van der Waals surface area contributed by atoms with Crippen LogP contribution in [0.25, 0.3) is 0 Å². The molecule has 0 aromatic rings. The summed E-state index contributed by atoms with van der Waals surface area (Å²) in [6.07, 6.45) is 2.56. The van der Waals surface area contributed by atoms with Gasteiger partial charge in [-0.05, 0) is 28.6 Å². The fourth-order valence-electron chi connectivity index (χ4n) is 2.06. The molecular weight excluding hydrogens is 180 g/mol. The monoisotopic (exact) mass is 212 g/mol. The van der Waals surface area contributed by atoms with E-state index in [0.29, 0.717) is 16.2 Å². The van der Waals surface area contributed by atoms with Gasteiger partial charge in [-0.1, -0.05) is 68.7 Å². The Balaban J connectivity index is 4.79. The quantitative estimate of drug-likeness (QED) is 0.563. The molecule has 0 heteroatoms. The molecule has 0 aromatic heterocycles. The average molecular weight is 212 g/mol. The second-order valence-electron chi connectivity index (χ2n) is 7.44. The summed E-state index contributed by atoms with van der Waals surface area (Å²) in [4.78, 5) is 0. The molecule has 0 aliphatic heterocycles. The molecule has 0 aliphatic rings. The van der Waals surface area contributed by atoms with Crippen LogP contribution in [0.15, 0.2) is 0 Å². The van der Waals surface area contributed by atoms with Crippen LogP contribution in [0.5, 0.6) is 0 Å². The second kappa shape index (κ2) is 4.47. The minimum Gasteiger partial charge on any atom is -0.0649 e. The van der Waals surface area contributed by atoms with Gasteiger partial charge in [-0.3, -0.25) is 0 Å². The molecule has 0 spiro atoms. The van der Waals surface area contributed by atoms with Gasteiger partial charge >= 0.3 is 0 Å². The first-order chi connectivity index (χ1) is 6.46. The van der Waals surface area contributed by atoms with Crippen LogP contribution in [0.2, 0.25) is 0 Å². The molecule has 0 unspecified atom stereocenters. The van der Waals surface area contributed by atoms with Crippen molar-refractivity contribution < 1.29 is 0 Å². The first-order valence-electron chi connectivity index (χ1n) is 6.46. The number of hydrogen-bond donors (Lipinski definition) is 0. The van der Waals surface area contributed by atoms with Gasteiger partial charge in [-0.15, -0.1) is 0 Å². The van der Waals surface area contributed by atoms with Crippen molar-refractivity contribution in [3.05, 3.63) is 0 Å². The maximum atomic E-state index is 2.43. The summed E-state index contributed by atoms with van der Waals surface area (Å²) in [5.74, 6) is 0.754. The van der Waals surface area contributed by atoms with Crippen molar-refractivity contribution in [2.24, 2.45) is 22.2 Å². The molecule has 0 saturated heterocycles. The molecule has 0 nitrogen and oxygen atoms in total. The average Bonchev–Trinajstić information content (AvgIpc) is 2.01. The van der Waals surface area contributed by atoms with Crippen molar-refractivity contribution in [3.63, 3.8) is 0 Å². The molecule has 0 rings (SSSR count). The van der Waals surface area contributed by atoms with Gasteiger partial charge in [0.2, 0.25) is 0 Å². The Labute approximate surface area is 97.8 Å². The molecule has 0 fully saturated rings. The van der Waals surface area contributed by atoms with Crippen LogP contribution in [0, 0.1) is 22.2 Å². The van der Waals surface area contributed by atoms with Gasteiger partial charge < -0.3 is 0 Å². The van der Waals surface area contributed by atoms with Gasteiger partial charge in [0.15, 0.2) is 0 Å². The van der Waals surface area contributed by atoms with E-state index in [1.165, 1.54) is 12.8 Å². The van der Waals surface area contributed by atoms with Gasteiger partial charge in [0, 0.05) is 0 Å². The van der Waals surface area contributed by atoms with E-state index >= 15 is 0 Å². The number of rotatable bonds is 5. The minimum absolute atomic E-state index is 0.412. The van der Waals surface area contributed by atoms with E-state index in [-0.39, 0.29) is 0 Å². The largest absolute Gasteiger partial charge is 0.0649 e. The molecule has 0 aromatic carbocycles. The molecule has 15 heavy (non-hydrogen) atoms. The molecule has 0 radical (unpaired) electrons. The SMILES string of the molecule is CCC(C)(C)C(C)(C)CC(C)(C)C(C)C. The van der Waals surface area contributed by atoms with E-state index in [9.17, 15) is 0 Å². The molecule has 0 amide bonds. The summed E-state index contributed by atoms with van der Waals surface area (Å²) in [6.45, 7) is 21.5. The normalized spacial score (nSPS) is 14.8. The fraction of sp³-hybridized carbons (Fsp3) is 1.00. The van der Waals surface area contributed by atoms with Crippen LogP contribution in [-0.2, 0) is 0 Å². The summed E-state index contributed by atoms with van der Waals surface area (Å²) >= 11 is 0. The lowest BCUT2D eigenvalue weighted by atomic mass is 9.58. The van der Waals surface area contributed by atoms with Crippen LogP contribution in [0.3, 0.4) is 0 Å². The maximum absolute atomic E-state index is 2.43. The first-order valence-corrected chi connectivity index (χ1v) is 6.46.